The molecule has 0 saturated carbocycles. The summed E-state index contributed by atoms with van der Waals surface area (Å²) in [4.78, 5) is 28.8. The summed E-state index contributed by atoms with van der Waals surface area (Å²) < 4.78 is 0. The molecule has 0 aliphatic heterocycles. The van der Waals surface area contributed by atoms with E-state index in [9.17, 15) is 9.59 Å². The van der Waals surface area contributed by atoms with E-state index in [0.717, 1.165) is 39.7 Å². The second-order valence-corrected chi connectivity index (χ2v) is 6.64. The minimum atomic E-state index is -0.424. The van der Waals surface area contributed by atoms with Crippen molar-refractivity contribution in [1.29, 1.82) is 0 Å². The lowest BCUT2D eigenvalue weighted by atomic mass is 10.1. The van der Waals surface area contributed by atoms with E-state index in [1.165, 1.54) is 0 Å². The number of anilines is 2. The van der Waals surface area contributed by atoms with E-state index < -0.39 is 5.91 Å². The summed E-state index contributed by atoms with van der Waals surface area (Å²) in [6.45, 7) is 9.50. The number of nitrogens with one attached hydrogen (secondary N) is 2. The monoisotopic (exact) mass is 367 g/mol. The second-order valence-electron chi connectivity index (χ2n) is 6.64. The molecule has 0 heterocycles. The number of benzene rings is 2. The lowest BCUT2D eigenvalue weighted by Crippen LogP contribution is -2.19. The van der Waals surface area contributed by atoms with Crippen molar-refractivity contribution in [1.82, 2.24) is 0 Å². The molecule has 0 aliphatic rings. The van der Waals surface area contributed by atoms with Crippen molar-refractivity contribution in [3.05, 3.63) is 58.1 Å². The summed E-state index contributed by atoms with van der Waals surface area (Å²) in [5.74, 6) is -0.760. The lowest BCUT2D eigenvalue weighted by molar-refractivity contribution is -0.120. The van der Waals surface area contributed by atoms with Gasteiger partial charge in [0.05, 0.1) is 0 Å². The minimum absolute atomic E-state index is 0.278. The number of carbonyl (C=O) groups is 2. The van der Waals surface area contributed by atoms with Gasteiger partial charge in [-0.15, -0.1) is 0 Å². The zero-order valence-corrected chi connectivity index (χ0v) is 16.3. The van der Waals surface area contributed by atoms with Gasteiger partial charge in [-0.1, -0.05) is 40.5 Å². The smallest absolute Gasteiger partial charge is 0.270 e. The third kappa shape index (κ3) is 5.95. The van der Waals surface area contributed by atoms with Crippen LogP contribution in [0.5, 0.6) is 0 Å². The first-order valence-corrected chi connectivity index (χ1v) is 8.67. The molecule has 2 rings (SSSR count). The highest BCUT2D eigenvalue weighted by Crippen LogP contribution is 2.21. The van der Waals surface area contributed by atoms with Crippen LogP contribution < -0.4 is 10.6 Å². The van der Waals surface area contributed by atoms with Gasteiger partial charge in [-0.2, -0.15) is 0 Å². The Morgan fingerprint density at radius 2 is 1.56 bits per heavy atom. The van der Waals surface area contributed by atoms with Crippen LogP contribution in [0.3, 0.4) is 0 Å². The van der Waals surface area contributed by atoms with Crippen LogP contribution in [0.15, 0.2) is 35.5 Å². The van der Waals surface area contributed by atoms with Crippen molar-refractivity contribution in [2.24, 2.45) is 5.16 Å². The molecule has 0 bridgehead atoms. The van der Waals surface area contributed by atoms with Crippen LogP contribution in [0.4, 0.5) is 11.4 Å². The Morgan fingerprint density at radius 1 is 0.926 bits per heavy atom. The van der Waals surface area contributed by atoms with E-state index >= 15 is 0 Å². The normalized spacial score (nSPS) is 10.7. The SMILES string of the molecule is Cc1ccc(NC(=O)/C=N\OCC(=O)Nc2c(C)cc(C)cc2C)c(C)c1. The number of rotatable bonds is 6. The zero-order chi connectivity index (χ0) is 20.0. The number of nitrogens with zero attached hydrogens (tertiary/aromatic N) is 1. The third-order valence-electron chi connectivity index (χ3n) is 4.02. The summed E-state index contributed by atoms with van der Waals surface area (Å²) >= 11 is 0. The molecule has 0 aliphatic carbocycles. The highest BCUT2D eigenvalue weighted by molar-refractivity contribution is 6.31. The van der Waals surface area contributed by atoms with Crippen molar-refractivity contribution in [2.75, 3.05) is 17.2 Å². The fraction of sp³-hybridized carbons (Fsp3) is 0.286. The molecule has 2 N–H and O–H groups in total. The van der Waals surface area contributed by atoms with Crippen molar-refractivity contribution in [3.63, 3.8) is 0 Å². The zero-order valence-electron chi connectivity index (χ0n) is 16.3. The van der Waals surface area contributed by atoms with Gasteiger partial charge in [-0.3, -0.25) is 9.59 Å². The average Bonchev–Trinajstić information content (AvgIpc) is 2.57. The molecule has 2 amide bonds. The van der Waals surface area contributed by atoms with Gasteiger partial charge in [0.25, 0.3) is 11.8 Å². The standard InChI is InChI=1S/C21H25N3O3/c1-13-6-7-18(15(3)8-13)23-19(25)11-22-27-12-20(26)24-21-16(4)9-14(2)10-17(21)5/h6-11H,12H2,1-5H3,(H,23,25)(H,24,26)/b22-11-. The van der Waals surface area contributed by atoms with Gasteiger partial charge in [-0.05, 0) is 57.4 Å². The second kappa shape index (κ2) is 8.98. The summed E-state index contributed by atoms with van der Waals surface area (Å²) in [6, 6.07) is 9.72. The predicted molar refractivity (Wildman–Crippen MR) is 108 cm³/mol. The first-order chi connectivity index (χ1) is 12.8. The van der Waals surface area contributed by atoms with Crippen LogP contribution in [-0.2, 0) is 14.4 Å². The maximum absolute atomic E-state index is 12.0. The van der Waals surface area contributed by atoms with Gasteiger partial charge in [0.15, 0.2) is 6.61 Å². The summed E-state index contributed by atoms with van der Waals surface area (Å²) in [5, 5.41) is 9.08. The Kier molecular flexibility index (Phi) is 6.71. The molecular formula is C21H25N3O3. The first kappa shape index (κ1) is 20.2. The number of hydrogen-bond acceptors (Lipinski definition) is 4. The Labute approximate surface area is 159 Å². The Hall–Kier alpha value is -3.15. The highest BCUT2D eigenvalue weighted by atomic mass is 16.6. The van der Waals surface area contributed by atoms with E-state index in [0.29, 0.717) is 5.69 Å². The molecule has 0 unspecified atom stereocenters. The molecule has 6 heteroatoms. The van der Waals surface area contributed by atoms with Crippen molar-refractivity contribution in [2.45, 2.75) is 34.6 Å². The number of oxime groups is 1. The van der Waals surface area contributed by atoms with E-state index in [1.54, 1.807) is 0 Å². The van der Waals surface area contributed by atoms with Crippen molar-refractivity contribution in [3.8, 4) is 0 Å². The van der Waals surface area contributed by atoms with Crippen LogP contribution in [0.25, 0.3) is 0 Å². The highest BCUT2D eigenvalue weighted by Gasteiger charge is 2.09. The molecule has 2 aromatic rings. The molecule has 0 saturated heterocycles. The molecule has 2 aromatic carbocycles. The molecule has 6 nitrogen and oxygen atoms in total. The molecule has 27 heavy (non-hydrogen) atoms. The summed E-state index contributed by atoms with van der Waals surface area (Å²) in [7, 11) is 0. The van der Waals surface area contributed by atoms with E-state index in [2.05, 4.69) is 15.8 Å². The number of amides is 2. The van der Waals surface area contributed by atoms with E-state index in [4.69, 9.17) is 4.84 Å². The quantitative estimate of drug-likeness (QED) is 0.602. The van der Waals surface area contributed by atoms with Crippen LogP contribution >= 0.6 is 0 Å². The Balaban J connectivity index is 1.83. The first-order valence-electron chi connectivity index (χ1n) is 8.67. The maximum Gasteiger partial charge on any atom is 0.270 e. The van der Waals surface area contributed by atoms with Crippen LogP contribution in [0, 0.1) is 34.6 Å². The third-order valence-corrected chi connectivity index (χ3v) is 4.02. The van der Waals surface area contributed by atoms with E-state index in [1.807, 2.05) is 65.0 Å². The average molecular weight is 367 g/mol. The Bertz CT molecular complexity index is 865. The molecule has 0 aromatic heterocycles. The van der Waals surface area contributed by atoms with Gasteiger partial charge in [0.1, 0.15) is 6.21 Å². The fourth-order valence-electron chi connectivity index (χ4n) is 2.85. The van der Waals surface area contributed by atoms with Crippen LogP contribution in [0.2, 0.25) is 0 Å². The maximum atomic E-state index is 12.0. The van der Waals surface area contributed by atoms with Gasteiger partial charge in [-0.25, -0.2) is 0 Å². The van der Waals surface area contributed by atoms with Gasteiger partial charge in [0.2, 0.25) is 0 Å². The molecule has 0 fully saturated rings. The molecule has 0 spiro atoms. The molecule has 0 atom stereocenters. The van der Waals surface area contributed by atoms with Gasteiger partial charge in [0, 0.05) is 11.4 Å². The van der Waals surface area contributed by atoms with Gasteiger partial charge >= 0.3 is 0 Å². The predicted octanol–water partition coefficient (Wildman–Crippen LogP) is 3.81. The van der Waals surface area contributed by atoms with Gasteiger partial charge < -0.3 is 15.5 Å². The molecule has 0 radical (unpaired) electrons. The van der Waals surface area contributed by atoms with Crippen LogP contribution in [0.1, 0.15) is 27.8 Å². The lowest BCUT2D eigenvalue weighted by Gasteiger charge is -2.12. The summed E-state index contributed by atoms with van der Waals surface area (Å²) in [6.07, 6.45) is 1.01. The largest absolute Gasteiger partial charge is 0.385 e. The number of aryl methyl sites for hydroxylation is 5. The fourth-order valence-corrected chi connectivity index (χ4v) is 2.85. The Morgan fingerprint density at radius 3 is 2.19 bits per heavy atom. The minimum Gasteiger partial charge on any atom is -0.385 e. The topological polar surface area (TPSA) is 79.8 Å². The van der Waals surface area contributed by atoms with Crippen molar-refractivity contribution < 1.29 is 14.4 Å². The van der Waals surface area contributed by atoms with Crippen molar-refractivity contribution >= 4 is 29.4 Å². The number of carbonyl (C=O) groups excluding carboxylic acids is 2. The van der Waals surface area contributed by atoms with E-state index in [-0.39, 0.29) is 12.5 Å². The molecule has 142 valence electrons. The molecular weight excluding hydrogens is 342 g/mol. The number of hydrogen-bond donors (Lipinski definition) is 2. The summed E-state index contributed by atoms with van der Waals surface area (Å²) in [5.41, 5.74) is 6.66. The van der Waals surface area contributed by atoms with Crippen LogP contribution in [-0.4, -0.2) is 24.6 Å².